The van der Waals surface area contributed by atoms with Gasteiger partial charge in [0, 0.05) is 17.0 Å². The summed E-state index contributed by atoms with van der Waals surface area (Å²) in [5.74, 6) is -0.449. The lowest BCUT2D eigenvalue weighted by molar-refractivity contribution is -0.143. The molecule has 0 heterocycles. The molecule has 0 aliphatic carbocycles. The third kappa shape index (κ3) is 6.87. The maximum Gasteiger partial charge on any atom is 0.305 e. The Labute approximate surface area is 164 Å². The Kier molecular flexibility index (Phi) is 8.01. The minimum Gasteiger partial charge on any atom is -0.466 e. The Balaban J connectivity index is 1.87. The van der Waals surface area contributed by atoms with Gasteiger partial charge in [-0.05, 0) is 62.1 Å². The smallest absolute Gasteiger partial charge is 0.305 e. The van der Waals surface area contributed by atoms with Crippen molar-refractivity contribution in [1.29, 1.82) is 0 Å². The number of carbonyl (C=O) groups excluding carboxylic acids is 2. The highest BCUT2D eigenvalue weighted by Crippen LogP contribution is 2.11. The molecule has 0 atom stereocenters. The molecule has 27 heavy (non-hydrogen) atoms. The summed E-state index contributed by atoms with van der Waals surface area (Å²) in [6, 6.07) is 14.5. The summed E-state index contributed by atoms with van der Waals surface area (Å²) < 4.78 is 4.92. The molecule has 5 nitrogen and oxygen atoms in total. The predicted octanol–water partition coefficient (Wildman–Crippen LogP) is 4.38. The number of benzene rings is 2. The molecule has 2 rings (SSSR count). The number of hydrazone groups is 1. The molecule has 0 saturated carbocycles. The number of aryl methyl sites for hydroxylation is 1. The molecule has 1 N–H and O–H groups in total. The van der Waals surface area contributed by atoms with Crippen molar-refractivity contribution in [3.05, 3.63) is 70.2 Å². The number of nitrogens with one attached hydrogen (secondary N) is 1. The van der Waals surface area contributed by atoms with E-state index in [0.717, 1.165) is 24.0 Å². The van der Waals surface area contributed by atoms with Crippen LogP contribution in [0.25, 0.3) is 0 Å². The molecule has 0 aliphatic rings. The number of esters is 1. The van der Waals surface area contributed by atoms with Crippen LogP contribution in [0.3, 0.4) is 0 Å². The molecular formula is C21H23ClN2O3. The number of ether oxygens (including phenoxy) is 1. The fourth-order valence-corrected chi connectivity index (χ4v) is 2.57. The van der Waals surface area contributed by atoms with Crippen molar-refractivity contribution in [3.8, 4) is 0 Å². The fraction of sp³-hybridized carbons (Fsp3) is 0.286. The highest BCUT2D eigenvalue weighted by atomic mass is 35.5. The first-order chi connectivity index (χ1) is 13.0. The van der Waals surface area contributed by atoms with Gasteiger partial charge in [0.05, 0.1) is 12.3 Å². The molecule has 0 aliphatic heterocycles. The third-order valence-corrected chi connectivity index (χ3v) is 4.21. The Bertz CT molecular complexity index is 799. The maximum atomic E-state index is 12.1. The number of nitrogens with zero attached hydrogens (tertiary/aromatic N) is 1. The predicted molar refractivity (Wildman–Crippen MR) is 107 cm³/mol. The van der Waals surface area contributed by atoms with Crippen LogP contribution in [-0.4, -0.2) is 24.2 Å². The second-order valence-electron chi connectivity index (χ2n) is 6.00. The SMILES string of the molecule is CCOC(=O)CCCc1ccc(/C(C)=N\NC(=O)c2ccc(Cl)cc2)cc1. The van der Waals surface area contributed by atoms with E-state index in [-0.39, 0.29) is 11.9 Å². The van der Waals surface area contributed by atoms with Gasteiger partial charge in [-0.1, -0.05) is 35.9 Å². The Morgan fingerprint density at radius 1 is 1.04 bits per heavy atom. The summed E-state index contributed by atoms with van der Waals surface area (Å²) in [6.07, 6.45) is 1.98. The zero-order valence-electron chi connectivity index (χ0n) is 15.5. The lowest BCUT2D eigenvalue weighted by atomic mass is 10.0. The molecule has 1 amide bonds. The quantitative estimate of drug-likeness (QED) is 0.416. The van der Waals surface area contributed by atoms with Crippen LogP contribution in [0.15, 0.2) is 53.6 Å². The topological polar surface area (TPSA) is 67.8 Å². The Morgan fingerprint density at radius 2 is 1.67 bits per heavy atom. The van der Waals surface area contributed by atoms with Crippen molar-refractivity contribution in [2.24, 2.45) is 5.10 Å². The second kappa shape index (κ2) is 10.5. The standard InChI is InChI=1S/C21H23ClN2O3/c1-3-27-20(25)6-4-5-16-7-9-17(10-8-16)15(2)23-24-21(26)18-11-13-19(22)14-12-18/h7-14H,3-6H2,1-2H3,(H,24,26)/b23-15-. The highest BCUT2D eigenvalue weighted by molar-refractivity contribution is 6.30. The van der Waals surface area contributed by atoms with Gasteiger partial charge in [-0.2, -0.15) is 5.10 Å². The first-order valence-corrected chi connectivity index (χ1v) is 9.22. The van der Waals surface area contributed by atoms with Gasteiger partial charge in [-0.15, -0.1) is 0 Å². The van der Waals surface area contributed by atoms with Gasteiger partial charge >= 0.3 is 5.97 Å². The van der Waals surface area contributed by atoms with Crippen LogP contribution < -0.4 is 5.43 Å². The molecule has 0 aromatic heterocycles. The first kappa shape index (κ1) is 20.6. The molecule has 0 bridgehead atoms. The van der Waals surface area contributed by atoms with Crippen molar-refractivity contribution >= 4 is 29.2 Å². The van der Waals surface area contributed by atoms with Crippen LogP contribution in [0.5, 0.6) is 0 Å². The van der Waals surface area contributed by atoms with Crippen molar-refractivity contribution in [2.45, 2.75) is 33.1 Å². The normalized spacial score (nSPS) is 11.1. The molecule has 2 aromatic carbocycles. The lowest BCUT2D eigenvalue weighted by Crippen LogP contribution is -2.19. The van der Waals surface area contributed by atoms with Gasteiger partial charge in [0.25, 0.3) is 5.91 Å². The van der Waals surface area contributed by atoms with E-state index in [1.807, 2.05) is 31.2 Å². The van der Waals surface area contributed by atoms with Gasteiger partial charge in [0.1, 0.15) is 0 Å². The third-order valence-electron chi connectivity index (χ3n) is 3.95. The maximum absolute atomic E-state index is 12.1. The lowest BCUT2D eigenvalue weighted by Gasteiger charge is -2.06. The molecule has 0 spiro atoms. The van der Waals surface area contributed by atoms with Gasteiger partial charge in [0.2, 0.25) is 0 Å². The van der Waals surface area contributed by atoms with E-state index in [0.29, 0.717) is 29.3 Å². The molecule has 0 saturated heterocycles. The van der Waals surface area contributed by atoms with Crippen LogP contribution in [0, 0.1) is 0 Å². The van der Waals surface area contributed by atoms with Crippen molar-refractivity contribution in [2.75, 3.05) is 6.61 Å². The number of hydrogen-bond donors (Lipinski definition) is 1. The molecular weight excluding hydrogens is 364 g/mol. The van der Waals surface area contributed by atoms with Gasteiger partial charge in [-0.25, -0.2) is 5.43 Å². The largest absolute Gasteiger partial charge is 0.466 e. The summed E-state index contributed by atoms with van der Waals surface area (Å²) in [5.41, 5.74) is 5.80. The monoisotopic (exact) mass is 386 g/mol. The molecule has 0 fully saturated rings. The van der Waals surface area contributed by atoms with Crippen LogP contribution in [0.1, 0.15) is 48.2 Å². The average Bonchev–Trinajstić information content (AvgIpc) is 2.67. The van der Waals surface area contributed by atoms with Crippen LogP contribution >= 0.6 is 11.6 Å². The Morgan fingerprint density at radius 3 is 2.30 bits per heavy atom. The van der Waals surface area contributed by atoms with E-state index < -0.39 is 0 Å². The van der Waals surface area contributed by atoms with E-state index in [9.17, 15) is 9.59 Å². The number of amides is 1. The summed E-state index contributed by atoms with van der Waals surface area (Å²) >= 11 is 5.82. The van der Waals surface area contributed by atoms with Gasteiger partial charge in [0.15, 0.2) is 0 Å². The van der Waals surface area contributed by atoms with E-state index in [1.54, 1.807) is 31.2 Å². The number of carbonyl (C=O) groups is 2. The minimum absolute atomic E-state index is 0.159. The Hall–Kier alpha value is -2.66. The first-order valence-electron chi connectivity index (χ1n) is 8.84. The highest BCUT2D eigenvalue weighted by Gasteiger charge is 2.05. The summed E-state index contributed by atoms with van der Waals surface area (Å²) in [7, 11) is 0. The number of halogens is 1. The van der Waals surface area contributed by atoms with E-state index in [2.05, 4.69) is 10.5 Å². The number of rotatable bonds is 8. The summed E-state index contributed by atoms with van der Waals surface area (Å²) in [4.78, 5) is 23.4. The van der Waals surface area contributed by atoms with Crippen molar-refractivity contribution in [1.82, 2.24) is 5.43 Å². The zero-order chi connectivity index (χ0) is 19.6. The molecule has 0 unspecified atom stereocenters. The number of hydrogen-bond acceptors (Lipinski definition) is 4. The minimum atomic E-state index is -0.290. The van der Waals surface area contributed by atoms with E-state index in [1.165, 1.54) is 0 Å². The van der Waals surface area contributed by atoms with Crippen molar-refractivity contribution < 1.29 is 14.3 Å². The van der Waals surface area contributed by atoms with Crippen molar-refractivity contribution in [3.63, 3.8) is 0 Å². The molecule has 2 aromatic rings. The van der Waals surface area contributed by atoms with E-state index >= 15 is 0 Å². The average molecular weight is 387 g/mol. The van der Waals surface area contributed by atoms with Gasteiger partial charge < -0.3 is 4.74 Å². The second-order valence-corrected chi connectivity index (χ2v) is 6.44. The summed E-state index contributed by atoms with van der Waals surface area (Å²) in [5, 5.41) is 4.73. The van der Waals surface area contributed by atoms with Crippen LogP contribution in [0.4, 0.5) is 0 Å². The van der Waals surface area contributed by atoms with Gasteiger partial charge in [-0.3, -0.25) is 9.59 Å². The molecule has 0 radical (unpaired) electrons. The summed E-state index contributed by atoms with van der Waals surface area (Å²) in [6.45, 7) is 4.05. The van der Waals surface area contributed by atoms with Crippen LogP contribution in [-0.2, 0) is 16.0 Å². The fourth-order valence-electron chi connectivity index (χ4n) is 2.45. The zero-order valence-corrected chi connectivity index (χ0v) is 16.3. The molecule has 6 heteroatoms. The van der Waals surface area contributed by atoms with Crippen LogP contribution in [0.2, 0.25) is 5.02 Å². The molecule has 142 valence electrons. The van der Waals surface area contributed by atoms with E-state index in [4.69, 9.17) is 16.3 Å².